The monoisotopic (exact) mass is 917 g/mol. The number of nitrogens with one attached hydrogen (secondary N) is 1. The number of amides is 1. The molecule has 3 aromatic carbocycles. The lowest BCUT2D eigenvalue weighted by Gasteiger charge is -2.43. The van der Waals surface area contributed by atoms with E-state index in [2.05, 4.69) is 72.7 Å². The number of aromatic nitrogens is 2. The molecule has 6 rings (SSSR count). The minimum atomic E-state index is -3.09. The lowest BCUT2D eigenvalue weighted by atomic mass is 10.0. The maximum absolute atomic E-state index is 13.8. The molecule has 0 aliphatic carbocycles. The number of likely N-dealkylation sites (tertiary alicyclic amines) is 1. The second kappa shape index (κ2) is 22.0. The normalized spacial score (nSPS) is 18.8. The Morgan fingerprint density at radius 2 is 1.62 bits per heavy atom. The van der Waals surface area contributed by atoms with Crippen molar-refractivity contribution in [2.45, 2.75) is 109 Å². The summed E-state index contributed by atoms with van der Waals surface area (Å²) in [5.74, 6) is 8.03. The number of hydrogen-bond donors (Lipinski definition) is 2. The van der Waals surface area contributed by atoms with Gasteiger partial charge in [0.15, 0.2) is 0 Å². The molecular formula is C51H63N5O9Si. The van der Waals surface area contributed by atoms with Crippen LogP contribution in [-0.4, -0.2) is 103 Å². The van der Waals surface area contributed by atoms with Crippen LogP contribution in [0.1, 0.15) is 90.1 Å². The highest BCUT2D eigenvalue weighted by atomic mass is 28.4. The van der Waals surface area contributed by atoms with E-state index in [0.29, 0.717) is 26.2 Å². The van der Waals surface area contributed by atoms with Crippen molar-refractivity contribution >= 4 is 30.9 Å². The highest BCUT2D eigenvalue weighted by Gasteiger charge is 2.52. The van der Waals surface area contributed by atoms with E-state index in [9.17, 15) is 19.2 Å². The van der Waals surface area contributed by atoms with Gasteiger partial charge in [-0.2, -0.15) is 0 Å². The van der Waals surface area contributed by atoms with E-state index in [0.717, 1.165) is 40.8 Å². The van der Waals surface area contributed by atoms with Gasteiger partial charge in [-0.1, -0.05) is 111 Å². The highest BCUT2D eigenvalue weighted by molar-refractivity contribution is 6.99. The summed E-state index contributed by atoms with van der Waals surface area (Å²) >= 11 is 0. The molecule has 1 amide bonds. The first-order valence-electron chi connectivity index (χ1n) is 22.6. The van der Waals surface area contributed by atoms with Crippen molar-refractivity contribution in [3.8, 4) is 24.2 Å². The van der Waals surface area contributed by atoms with Gasteiger partial charge in [0.1, 0.15) is 36.2 Å². The fourth-order valence-electron chi connectivity index (χ4n) is 8.71. The number of piperidine rings is 1. The molecule has 1 aromatic heterocycles. The third kappa shape index (κ3) is 12.5. The number of carbonyl (C=O) groups is 2. The van der Waals surface area contributed by atoms with E-state index in [1.807, 2.05) is 86.3 Å². The fourth-order valence-corrected chi connectivity index (χ4v) is 13.3. The van der Waals surface area contributed by atoms with Gasteiger partial charge in [-0.05, 0) is 73.1 Å². The Labute approximate surface area is 388 Å². The molecule has 0 saturated carbocycles. The number of terminal acetylenes is 1. The zero-order valence-electron chi connectivity index (χ0n) is 38.9. The Hall–Kier alpha value is -5.94. The summed E-state index contributed by atoms with van der Waals surface area (Å²) < 4.78 is 32.7. The van der Waals surface area contributed by atoms with Gasteiger partial charge in [-0.25, -0.2) is 14.4 Å². The average Bonchev–Trinajstić information content (AvgIpc) is 3.67. The van der Waals surface area contributed by atoms with Crippen LogP contribution in [-0.2, 0) is 29.9 Å². The standard InChI is InChI=1S/C51H63N5O9Si/c1-8-37-24-26-38(27-25-37)33-54(35-40-19-15-16-29-55(40)48(59)65-50(2,3)4)30-31-61-49(60)64-43-32-45(56-34-39(18-17-28-52)46(57)53-47(56)58)63-44(43)36-62-66(51(5,6)7,41-20-11-9-12-21-41)42-22-13-10-14-23-42/h1,9-14,20-27,34,40,43-45H,15-16,19,28-33,35-36,52H2,2-7H3,(H,53,57,58)/t40-,43?,44?,45?/m0/s1. The Morgan fingerprint density at radius 1 is 0.955 bits per heavy atom. The number of ether oxygens (including phenoxy) is 4. The number of hydrogen-bond acceptors (Lipinski definition) is 11. The van der Waals surface area contributed by atoms with E-state index in [1.165, 1.54) is 10.8 Å². The quantitative estimate of drug-likeness (QED) is 0.0931. The molecule has 2 aliphatic heterocycles. The molecule has 15 heteroatoms. The number of aromatic amines is 1. The van der Waals surface area contributed by atoms with Crippen LogP contribution in [0.25, 0.3) is 0 Å². The van der Waals surface area contributed by atoms with Crippen LogP contribution in [0.5, 0.6) is 0 Å². The van der Waals surface area contributed by atoms with E-state index in [1.54, 1.807) is 0 Å². The molecule has 3 N–H and O–H groups in total. The smallest absolute Gasteiger partial charge is 0.444 e. The summed E-state index contributed by atoms with van der Waals surface area (Å²) in [6.07, 6.45) is 5.65. The molecule has 0 radical (unpaired) electrons. The van der Waals surface area contributed by atoms with Gasteiger partial charge >= 0.3 is 17.9 Å². The Morgan fingerprint density at radius 3 is 2.23 bits per heavy atom. The first-order valence-corrected chi connectivity index (χ1v) is 24.5. The van der Waals surface area contributed by atoms with Crippen molar-refractivity contribution in [1.29, 1.82) is 0 Å². The zero-order valence-corrected chi connectivity index (χ0v) is 39.9. The number of nitrogens with two attached hydrogens (primary N) is 1. The SMILES string of the molecule is C#Cc1ccc(CN(CCOC(=O)OC2CC(n3cc(C#CCN)c(=O)[nH]c3=O)OC2CO[Si](c2ccccc2)(c2ccccc2)C(C)(C)C)C[C@@H]2CCCCN2C(=O)OC(C)(C)C)cc1. The predicted octanol–water partition coefficient (Wildman–Crippen LogP) is 5.51. The van der Waals surface area contributed by atoms with Crippen molar-refractivity contribution in [2.24, 2.45) is 5.73 Å². The van der Waals surface area contributed by atoms with Crippen molar-refractivity contribution in [2.75, 3.05) is 39.4 Å². The Bertz CT molecular complexity index is 2440. The lowest BCUT2D eigenvalue weighted by Crippen LogP contribution is -2.67. The van der Waals surface area contributed by atoms with E-state index in [-0.39, 0.29) is 48.9 Å². The number of nitrogens with zero attached hydrogens (tertiary/aromatic N) is 3. The molecule has 66 heavy (non-hydrogen) atoms. The first kappa shape index (κ1) is 49.5. The van der Waals surface area contributed by atoms with Crippen molar-refractivity contribution < 1.29 is 33.0 Å². The van der Waals surface area contributed by atoms with Crippen LogP contribution in [0.15, 0.2) is 101 Å². The Balaban J connectivity index is 1.24. The molecule has 0 bridgehead atoms. The van der Waals surface area contributed by atoms with E-state index in [4.69, 9.17) is 35.5 Å². The summed E-state index contributed by atoms with van der Waals surface area (Å²) in [5.41, 5.74) is 5.37. The van der Waals surface area contributed by atoms with Gasteiger partial charge in [-0.3, -0.25) is 19.2 Å². The van der Waals surface area contributed by atoms with E-state index < -0.39 is 49.8 Å². The summed E-state index contributed by atoms with van der Waals surface area (Å²) in [4.78, 5) is 59.3. The highest BCUT2D eigenvalue weighted by Crippen LogP contribution is 2.38. The molecule has 4 aromatic rings. The second-order valence-corrected chi connectivity index (χ2v) is 23.0. The van der Waals surface area contributed by atoms with Gasteiger partial charge < -0.3 is 34.0 Å². The molecule has 14 nitrogen and oxygen atoms in total. The Kier molecular flexibility index (Phi) is 16.5. The molecule has 2 fully saturated rings. The molecule has 2 saturated heterocycles. The number of benzene rings is 3. The number of carbonyl (C=O) groups excluding carboxylic acids is 2. The molecular weight excluding hydrogens is 855 g/mol. The van der Waals surface area contributed by atoms with Gasteiger partial charge in [0.05, 0.1) is 13.2 Å². The number of rotatable bonds is 14. The van der Waals surface area contributed by atoms with Crippen LogP contribution in [0.3, 0.4) is 0 Å². The molecule has 0 spiro atoms. The average molecular weight is 918 g/mol. The minimum Gasteiger partial charge on any atom is -0.444 e. The summed E-state index contributed by atoms with van der Waals surface area (Å²) in [6.45, 7) is 14.0. The van der Waals surface area contributed by atoms with Crippen LogP contribution in [0.4, 0.5) is 9.59 Å². The minimum absolute atomic E-state index is 0.00144. The molecule has 4 atom stereocenters. The van der Waals surface area contributed by atoms with Gasteiger partial charge in [-0.15, -0.1) is 6.42 Å². The number of H-pyrrole nitrogens is 1. The topological polar surface area (TPSA) is 168 Å². The lowest BCUT2D eigenvalue weighted by molar-refractivity contribution is -0.0554. The maximum Gasteiger partial charge on any atom is 0.508 e. The zero-order chi connectivity index (χ0) is 47.5. The third-order valence-electron chi connectivity index (χ3n) is 11.8. The van der Waals surface area contributed by atoms with E-state index >= 15 is 0 Å². The van der Waals surface area contributed by atoms with Crippen LogP contribution < -0.4 is 27.4 Å². The molecule has 3 unspecified atom stereocenters. The van der Waals surface area contributed by atoms with Crippen LogP contribution in [0, 0.1) is 24.2 Å². The largest absolute Gasteiger partial charge is 0.508 e. The summed E-state index contributed by atoms with van der Waals surface area (Å²) in [5, 5.41) is 1.73. The van der Waals surface area contributed by atoms with Gasteiger partial charge in [0, 0.05) is 50.4 Å². The summed E-state index contributed by atoms with van der Waals surface area (Å²) in [6, 6.07) is 27.8. The van der Waals surface area contributed by atoms with Gasteiger partial charge in [0.25, 0.3) is 13.9 Å². The first-order chi connectivity index (χ1) is 31.5. The summed E-state index contributed by atoms with van der Waals surface area (Å²) in [7, 11) is -3.09. The predicted molar refractivity (Wildman–Crippen MR) is 256 cm³/mol. The molecule has 3 heterocycles. The third-order valence-corrected chi connectivity index (χ3v) is 16.8. The van der Waals surface area contributed by atoms with Crippen molar-refractivity contribution in [3.63, 3.8) is 0 Å². The van der Waals surface area contributed by atoms with Crippen molar-refractivity contribution in [1.82, 2.24) is 19.4 Å². The molecule has 350 valence electrons. The molecule has 2 aliphatic rings. The van der Waals surface area contributed by atoms with Crippen molar-refractivity contribution in [3.05, 3.63) is 129 Å². The fraction of sp³-hybridized carbons (Fsp3) is 0.451. The van der Waals surface area contributed by atoms with Gasteiger partial charge in [0.2, 0.25) is 0 Å². The van der Waals surface area contributed by atoms with Crippen LogP contribution in [0.2, 0.25) is 5.04 Å². The second-order valence-electron chi connectivity index (χ2n) is 18.7. The van der Waals surface area contributed by atoms with Crippen LogP contribution >= 0.6 is 0 Å². The maximum atomic E-state index is 13.8.